The molecular weight excluding hydrogens is 196 g/mol. The van der Waals surface area contributed by atoms with Crippen molar-refractivity contribution in [2.24, 2.45) is 0 Å². The zero-order valence-corrected chi connectivity index (χ0v) is 9.27. The lowest BCUT2D eigenvalue weighted by Gasteiger charge is -2.20. The van der Waals surface area contributed by atoms with Crippen molar-refractivity contribution in [1.29, 1.82) is 0 Å². The first-order valence-corrected chi connectivity index (χ1v) is 5.20. The van der Waals surface area contributed by atoms with Crippen LogP contribution >= 0.6 is 0 Å². The van der Waals surface area contributed by atoms with Gasteiger partial charge in [0, 0.05) is 26.7 Å². The van der Waals surface area contributed by atoms with Gasteiger partial charge in [-0.25, -0.2) is 0 Å². The van der Waals surface area contributed by atoms with Gasteiger partial charge in [0.05, 0.1) is 6.10 Å². The smallest absolute Gasteiger partial charge is 0.232 e. The number of rotatable bonds is 3. The molecule has 1 N–H and O–H groups in total. The van der Waals surface area contributed by atoms with Crippen LogP contribution in [-0.2, 0) is 9.59 Å². The summed E-state index contributed by atoms with van der Waals surface area (Å²) in [6, 6.07) is 0. The summed E-state index contributed by atoms with van der Waals surface area (Å²) in [5.74, 6) is -0.260. The number of likely N-dealkylation sites (N-methyl/N-ethyl adjacent to an activating group) is 1. The molecule has 0 spiro atoms. The van der Waals surface area contributed by atoms with Crippen LogP contribution in [0, 0.1) is 0 Å². The van der Waals surface area contributed by atoms with Gasteiger partial charge in [0.15, 0.2) is 0 Å². The molecule has 0 aromatic rings. The normalized spacial score (nSPS) is 20.5. The van der Waals surface area contributed by atoms with Crippen molar-refractivity contribution in [2.45, 2.75) is 25.9 Å². The number of carbonyl (C=O) groups excluding carboxylic acids is 2. The molecule has 86 valence electrons. The minimum Gasteiger partial charge on any atom is -0.393 e. The van der Waals surface area contributed by atoms with E-state index >= 15 is 0 Å². The van der Waals surface area contributed by atoms with Crippen LogP contribution in [-0.4, -0.2) is 59.5 Å². The fraction of sp³-hybridized carbons (Fsp3) is 0.800. The van der Waals surface area contributed by atoms with Gasteiger partial charge >= 0.3 is 0 Å². The molecule has 0 aromatic heterocycles. The minimum absolute atomic E-state index is 0.0453. The second-order valence-corrected chi connectivity index (χ2v) is 4.01. The highest BCUT2D eigenvalue weighted by molar-refractivity contribution is 5.97. The molecule has 0 aromatic carbocycles. The predicted octanol–water partition coefficient (Wildman–Crippen LogP) is -0.552. The fourth-order valence-electron chi connectivity index (χ4n) is 1.48. The third-order valence-corrected chi connectivity index (χ3v) is 2.60. The highest BCUT2D eigenvalue weighted by Gasteiger charge is 2.24. The van der Waals surface area contributed by atoms with E-state index in [0.717, 1.165) is 0 Å². The zero-order chi connectivity index (χ0) is 11.4. The third-order valence-electron chi connectivity index (χ3n) is 2.60. The van der Waals surface area contributed by atoms with Gasteiger partial charge in [0.25, 0.3) is 0 Å². The maximum Gasteiger partial charge on any atom is 0.232 e. The second-order valence-electron chi connectivity index (χ2n) is 4.01. The summed E-state index contributed by atoms with van der Waals surface area (Å²) in [6.07, 6.45) is 0.106. The first-order valence-electron chi connectivity index (χ1n) is 5.20. The number of hydrogen-bond acceptors (Lipinski definition) is 3. The maximum atomic E-state index is 11.6. The number of aliphatic hydroxyl groups excluding tert-OH is 1. The molecule has 5 nitrogen and oxygen atoms in total. The van der Waals surface area contributed by atoms with Crippen molar-refractivity contribution in [1.82, 2.24) is 9.80 Å². The molecule has 1 heterocycles. The van der Waals surface area contributed by atoms with Crippen LogP contribution in [0.25, 0.3) is 0 Å². The van der Waals surface area contributed by atoms with E-state index in [4.69, 9.17) is 5.11 Å². The summed E-state index contributed by atoms with van der Waals surface area (Å²) >= 11 is 0. The van der Waals surface area contributed by atoms with Crippen LogP contribution < -0.4 is 0 Å². The molecule has 1 unspecified atom stereocenters. The molecule has 15 heavy (non-hydrogen) atoms. The zero-order valence-electron chi connectivity index (χ0n) is 9.27. The standard InChI is InChI=1S/C10H18N2O3/c1-8(13)3-4-12-6-5-11(2)9(14)7-10(12)15/h8,13H,3-7H2,1-2H3. The minimum atomic E-state index is -0.408. The molecule has 1 fully saturated rings. The van der Waals surface area contributed by atoms with E-state index < -0.39 is 6.10 Å². The van der Waals surface area contributed by atoms with Crippen LogP contribution in [0.1, 0.15) is 19.8 Å². The number of hydrogen-bond donors (Lipinski definition) is 1. The van der Waals surface area contributed by atoms with Crippen molar-refractivity contribution < 1.29 is 14.7 Å². The Kier molecular flexibility index (Phi) is 4.08. The van der Waals surface area contributed by atoms with Gasteiger partial charge in [-0.3, -0.25) is 9.59 Å². The highest BCUT2D eigenvalue weighted by Crippen LogP contribution is 2.06. The van der Waals surface area contributed by atoms with Crippen LogP contribution in [0.5, 0.6) is 0 Å². The summed E-state index contributed by atoms with van der Waals surface area (Å²) in [4.78, 5) is 26.1. The number of nitrogens with zero attached hydrogens (tertiary/aromatic N) is 2. The van der Waals surface area contributed by atoms with Gasteiger partial charge in [0.2, 0.25) is 11.8 Å². The molecule has 1 aliphatic heterocycles. The molecule has 1 aliphatic rings. The summed E-state index contributed by atoms with van der Waals surface area (Å²) in [6.45, 7) is 3.36. The van der Waals surface area contributed by atoms with Crippen molar-refractivity contribution >= 4 is 11.8 Å². The van der Waals surface area contributed by atoms with Gasteiger partial charge in [-0.2, -0.15) is 0 Å². The van der Waals surface area contributed by atoms with E-state index in [-0.39, 0.29) is 18.2 Å². The van der Waals surface area contributed by atoms with Crippen LogP contribution in [0.15, 0.2) is 0 Å². The van der Waals surface area contributed by atoms with Gasteiger partial charge in [-0.05, 0) is 13.3 Å². The van der Waals surface area contributed by atoms with Crippen molar-refractivity contribution in [2.75, 3.05) is 26.7 Å². The Morgan fingerprint density at radius 2 is 2.00 bits per heavy atom. The largest absolute Gasteiger partial charge is 0.393 e. The molecular formula is C10H18N2O3. The Bertz CT molecular complexity index is 253. The maximum absolute atomic E-state index is 11.6. The topological polar surface area (TPSA) is 60.9 Å². The summed E-state index contributed by atoms with van der Waals surface area (Å²) in [7, 11) is 1.70. The average molecular weight is 214 g/mol. The van der Waals surface area contributed by atoms with Crippen LogP contribution in [0.4, 0.5) is 0 Å². The van der Waals surface area contributed by atoms with Crippen LogP contribution in [0.2, 0.25) is 0 Å². The van der Waals surface area contributed by atoms with E-state index in [2.05, 4.69) is 0 Å². The highest BCUT2D eigenvalue weighted by atomic mass is 16.3. The Hall–Kier alpha value is -1.10. The monoisotopic (exact) mass is 214 g/mol. The summed E-state index contributed by atoms with van der Waals surface area (Å²) in [5.41, 5.74) is 0. The Morgan fingerprint density at radius 3 is 2.60 bits per heavy atom. The van der Waals surface area contributed by atoms with Gasteiger partial charge in [-0.15, -0.1) is 0 Å². The van der Waals surface area contributed by atoms with E-state index in [1.807, 2.05) is 0 Å². The molecule has 0 bridgehead atoms. The first-order chi connectivity index (χ1) is 7.00. The van der Waals surface area contributed by atoms with Gasteiger partial charge in [-0.1, -0.05) is 0 Å². The number of carbonyl (C=O) groups is 2. The Balaban J connectivity index is 2.51. The Labute approximate surface area is 89.7 Å². The summed E-state index contributed by atoms with van der Waals surface area (Å²) < 4.78 is 0. The molecule has 2 amide bonds. The third kappa shape index (κ3) is 3.51. The lowest BCUT2D eigenvalue weighted by Crippen LogP contribution is -2.34. The fourth-order valence-corrected chi connectivity index (χ4v) is 1.48. The molecule has 0 aliphatic carbocycles. The summed E-state index contributed by atoms with van der Waals surface area (Å²) in [5, 5.41) is 9.13. The molecule has 1 rings (SSSR count). The average Bonchev–Trinajstić information content (AvgIpc) is 2.26. The lowest BCUT2D eigenvalue weighted by molar-refractivity contribution is -0.136. The molecule has 1 atom stereocenters. The second kappa shape index (κ2) is 5.11. The molecule has 5 heteroatoms. The first kappa shape index (κ1) is 12.0. The van der Waals surface area contributed by atoms with E-state index in [1.165, 1.54) is 0 Å². The van der Waals surface area contributed by atoms with Crippen molar-refractivity contribution in [3.05, 3.63) is 0 Å². The lowest BCUT2D eigenvalue weighted by atomic mass is 10.2. The van der Waals surface area contributed by atoms with E-state index in [0.29, 0.717) is 26.1 Å². The predicted molar refractivity (Wildman–Crippen MR) is 55.1 cm³/mol. The SMILES string of the molecule is CC(O)CCN1CCN(C)C(=O)CC1=O. The van der Waals surface area contributed by atoms with E-state index in [1.54, 1.807) is 23.8 Å². The van der Waals surface area contributed by atoms with E-state index in [9.17, 15) is 9.59 Å². The molecule has 1 saturated heterocycles. The van der Waals surface area contributed by atoms with Crippen molar-refractivity contribution in [3.63, 3.8) is 0 Å². The van der Waals surface area contributed by atoms with Crippen LogP contribution in [0.3, 0.4) is 0 Å². The quantitative estimate of drug-likeness (QED) is 0.641. The Morgan fingerprint density at radius 1 is 1.33 bits per heavy atom. The van der Waals surface area contributed by atoms with Gasteiger partial charge in [0.1, 0.15) is 6.42 Å². The molecule has 0 saturated carbocycles. The number of aliphatic hydroxyl groups is 1. The molecule has 0 radical (unpaired) electrons. The van der Waals surface area contributed by atoms with Gasteiger partial charge < -0.3 is 14.9 Å². The van der Waals surface area contributed by atoms with Crippen molar-refractivity contribution in [3.8, 4) is 0 Å². The number of amides is 2.